The summed E-state index contributed by atoms with van der Waals surface area (Å²) in [6.07, 6.45) is 3.64. The first-order chi connectivity index (χ1) is 21.5. The average molecular weight is 631 g/mol. The Morgan fingerprint density at radius 3 is 2.49 bits per heavy atom. The highest BCUT2D eigenvalue weighted by atomic mass is 35.5. The van der Waals surface area contributed by atoms with Crippen LogP contribution in [0.1, 0.15) is 26.3 Å². The van der Waals surface area contributed by atoms with E-state index in [1.165, 1.54) is 20.3 Å². The second-order valence-corrected chi connectivity index (χ2v) is 10.9. The van der Waals surface area contributed by atoms with Gasteiger partial charge in [0.15, 0.2) is 0 Å². The van der Waals surface area contributed by atoms with E-state index in [1.807, 2.05) is 25.1 Å². The first-order valence-corrected chi connectivity index (χ1v) is 14.6. The highest BCUT2D eigenvalue weighted by molar-refractivity contribution is 6.35. The Morgan fingerprint density at radius 2 is 1.87 bits per heavy atom. The van der Waals surface area contributed by atoms with Crippen LogP contribution in [0.15, 0.2) is 65.1 Å². The third-order valence-corrected chi connectivity index (χ3v) is 7.41. The van der Waals surface area contributed by atoms with Crippen LogP contribution in [0.2, 0.25) is 5.02 Å². The molecular formula is C33H35ClN6O5. The number of anilines is 2. The van der Waals surface area contributed by atoms with Gasteiger partial charge < -0.3 is 24.8 Å². The molecule has 2 aromatic heterocycles. The van der Waals surface area contributed by atoms with Crippen LogP contribution >= 0.6 is 11.6 Å². The van der Waals surface area contributed by atoms with Crippen molar-refractivity contribution in [2.24, 2.45) is 0 Å². The number of halogens is 1. The number of rotatable bonds is 12. The highest BCUT2D eigenvalue weighted by Crippen LogP contribution is 2.38. The number of fused-ring (bicyclic) bond motifs is 1. The van der Waals surface area contributed by atoms with Crippen LogP contribution in [-0.2, 0) is 22.5 Å². The molecule has 0 atom stereocenters. The number of carbonyl (C=O) groups is 1. The molecule has 0 unspecified atom stereocenters. The van der Waals surface area contributed by atoms with Gasteiger partial charge in [0.25, 0.3) is 11.5 Å². The van der Waals surface area contributed by atoms with Crippen LogP contribution in [0.3, 0.4) is 0 Å². The molecule has 0 spiro atoms. The van der Waals surface area contributed by atoms with Gasteiger partial charge in [0.05, 0.1) is 24.8 Å². The predicted octanol–water partition coefficient (Wildman–Crippen LogP) is 5.62. The minimum Gasteiger partial charge on any atom is -0.497 e. The van der Waals surface area contributed by atoms with Gasteiger partial charge in [0, 0.05) is 54.7 Å². The van der Waals surface area contributed by atoms with E-state index in [2.05, 4.69) is 20.6 Å². The summed E-state index contributed by atoms with van der Waals surface area (Å²) in [5.74, 6) is 0.712. The Morgan fingerprint density at radius 1 is 1.13 bits per heavy atom. The summed E-state index contributed by atoms with van der Waals surface area (Å²) in [4.78, 5) is 35.7. The molecule has 234 valence electrons. The number of nitrogens with one attached hydrogen (secondary N) is 2. The maximum atomic E-state index is 14.0. The lowest BCUT2D eigenvalue weighted by atomic mass is 10.0. The third-order valence-electron chi connectivity index (χ3n) is 7.02. The van der Waals surface area contributed by atoms with Gasteiger partial charge in [-0.05, 0) is 63.1 Å². The molecule has 1 amide bonds. The monoisotopic (exact) mass is 630 g/mol. The van der Waals surface area contributed by atoms with Crippen molar-refractivity contribution in [3.05, 3.63) is 81.3 Å². The lowest BCUT2D eigenvalue weighted by Gasteiger charge is -2.20. The summed E-state index contributed by atoms with van der Waals surface area (Å²) in [6, 6.07) is 14.2. The lowest BCUT2D eigenvalue weighted by Crippen LogP contribution is -2.24. The summed E-state index contributed by atoms with van der Waals surface area (Å²) in [5, 5.41) is 16.1. The van der Waals surface area contributed by atoms with Crippen LogP contribution in [0, 0.1) is 11.3 Å². The van der Waals surface area contributed by atoms with Gasteiger partial charge in [-0.2, -0.15) is 10.2 Å². The average Bonchev–Trinajstić information content (AvgIpc) is 3.03. The van der Waals surface area contributed by atoms with E-state index >= 15 is 0 Å². The number of carbonyl (C=O) groups excluding carboxylic acids is 1. The molecule has 45 heavy (non-hydrogen) atoms. The molecule has 0 bridgehead atoms. The summed E-state index contributed by atoms with van der Waals surface area (Å²) >= 11 is 6.67. The first kappa shape index (κ1) is 33.0. The Kier molecular flexibility index (Phi) is 10.4. The van der Waals surface area contributed by atoms with Crippen molar-refractivity contribution in [2.45, 2.75) is 39.3 Å². The fourth-order valence-electron chi connectivity index (χ4n) is 4.82. The Hall–Kier alpha value is -4.92. The van der Waals surface area contributed by atoms with Crippen molar-refractivity contribution in [3.63, 3.8) is 0 Å². The van der Waals surface area contributed by atoms with Gasteiger partial charge in [-0.1, -0.05) is 23.7 Å². The van der Waals surface area contributed by atoms with E-state index in [1.54, 1.807) is 62.0 Å². The second kappa shape index (κ2) is 14.2. The highest BCUT2D eigenvalue weighted by Gasteiger charge is 2.21. The maximum Gasteiger partial charge on any atom is 0.266 e. The van der Waals surface area contributed by atoms with E-state index in [4.69, 9.17) is 25.8 Å². The molecular weight excluding hydrogens is 596 g/mol. The summed E-state index contributed by atoms with van der Waals surface area (Å²) < 4.78 is 18.0. The van der Waals surface area contributed by atoms with Gasteiger partial charge in [0.1, 0.15) is 28.8 Å². The Balaban J connectivity index is 1.65. The van der Waals surface area contributed by atoms with Gasteiger partial charge >= 0.3 is 0 Å². The van der Waals surface area contributed by atoms with Crippen molar-refractivity contribution in [2.75, 3.05) is 38.5 Å². The van der Waals surface area contributed by atoms with E-state index < -0.39 is 11.5 Å². The van der Waals surface area contributed by atoms with E-state index in [9.17, 15) is 14.9 Å². The number of hydrogen-bond donors (Lipinski definition) is 2. The number of pyridine rings is 1. The third kappa shape index (κ3) is 7.60. The SMILES string of the molecule is CCOC(C)(C)C=C(C#N)C(=O)Nc1ccc(CCn2c(=O)c(-c3cc(OC)cc(OC)c3Cl)cc3cnc(NC)nc32)cc1. The van der Waals surface area contributed by atoms with Gasteiger partial charge in [0.2, 0.25) is 5.95 Å². The summed E-state index contributed by atoms with van der Waals surface area (Å²) in [5.41, 5.74) is 1.61. The molecule has 2 heterocycles. The molecule has 4 aromatic rings. The minimum absolute atomic E-state index is 0.0413. The van der Waals surface area contributed by atoms with E-state index in [-0.39, 0.29) is 16.2 Å². The molecule has 0 aliphatic rings. The number of aromatic nitrogens is 3. The predicted molar refractivity (Wildman–Crippen MR) is 175 cm³/mol. The van der Waals surface area contributed by atoms with E-state index in [0.717, 1.165) is 5.56 Å². The molecule has 12 heteroatoms. The quantitative estimate of drug-likeness (QED) is 0.151. The molecule has 0 aliphatic heterocycles. The molecule has 0 saturated heterocycles. The Labute approximate surface area is 266 Å². The fourth-order valence-corrected chi connectivity index (χ4v) is 5.11. The number of methoxy groups -OCH3 is 2. The molecule has 0 saturated carbocycles. The number of ether oxygens (including phenoxy) is 3. The summed E-state index contributed by atoms with van der Waals surface area (Å²) in [7, 11) is 4.72. The topological polar surface area (TPSA) is 140 Å². The fraction of sp³-hybridized carbons (Fsp3) is 0.303. The number of aryl methyl sites for hydroxylation is 2. The smallest absolute Gasteiger partial charge is 0.266 e. The zero-order chi connectivity index (χ0) is 32.7. The normalized spacial score (nSPS) is 11.6. The van der Waals surface area contributed by atoms with Gasteiger partial charge in [-0.3, -0.25) is 14.2 Å². The van der Waals surface area contributed by atoms with Crippen molar-refractivity contribution < 1.29 is 19.0 Å². The largest absolute Gasteiger partial charge is 0.497 e. The number of nitrogens with zero attached hydrogens (tertiary/aromatic N) is 4. The van der Waals surface area contributed by atoms with Crippen molar-refractivity contribution in [1.29, 1.82) is 5.26 Å². The molecule has 0 fully saturated rings. The van der Waals surface area contributed by atoms with Crippen molar-refractivity contribution >= 4 is 40.2 Å². The molecule has 2 aromatic carbocycles. The van der Waals surface area contributed by atoms with Crippen molar-refractivity contribution in [1.82, 2.24) is 14.5 Å². The van der Waals surface area contributed by atoms with Gasteiger partial charge in [-0.15, -0.1) is 0 Å². The van der Waals surface area contributed by atoms with Crippen LogP contribution in [0.25, 0.3) is 22.2 Å². The zero-order valence-corrected chi connectivity index (χ0v) is 26.8. The summed E-state index contributed by atoms with van der Waals surface area (Å²) in [6.45, 7) is 6.16. The molecule has 2 N–H and O–H groups in total. The molecule has 11 nitrogen and oxygen atoms in total. The van der Waals surface area contributed by atoms with E-state index in [0.29, 0.717) is 64.9 Å². The van der Waals surface area contributed by atoms with Gasteiger partial charge in [-0.25, -0.2) is 4.98 Å². The van der Waals surface area contributed by atoms with Crippen LogP contribution in [0.5, 0.6) is 11.5 Å². The van der Waals surface area contributed by atoms with Crippen LogP contribution in [-0.4, -0.2) is 53.9 Å². The molecule has 4 rings (SSSR count). The molecule has 0 radical (unpaired) electrons. The number of benzene rings is 2. The Bertz CT molecular complexity index is 1840. The maximum absolute atomic E-state index is 14.0. The zero-order valence-electron chi connectivity index (χ0n) is 26.0. The number of amides is 1. The minimum atomic E-state index is -0.760. The number of nitriles is 1. The first-order valence-electron chi connectivity index (χ1n) is 14.2. The number of hydrogen-bond acceptors (Lipinski definition) is 9. The van der Waals surface area contributed by atoms with Crippen molar-refractivity contribution in [3.8, 4) is 28.7 Å². The molecule has 0 aliphatic carbocycles. The second-order valence-electron chi connectivity index (χ2n) is 10.5. The van der Waals surface area contributed by atoms with Crippen LogP contribution < -0.4 is 25.7 Å². The van der Waals surface area contributed by atoms with Crippen LogP contribution in [0.4, 0.5) is 11.6 Å². The lowest BCUT2D eigenvalue weighted by molar-refractivity contribution is -0.112. The standard InChI is InChI=1S/C33H35ClN6O5/c1-7-45-33(2,3)17-22(18-35)30(41)38-23-10-8-20(9-11-23)12-13-40-29-21(19-37-32(36-4)39-29)14-26(31(40)42)25-15-24(43-5)16-27(44-6)28(25)34/h8-11,14-17,19H,7,12-13H2,1-6H3,(H,38,41)(H,36,37,39).